The molecular formula is C20H20N4O2. The Kier molecular flexibility index (Phi) is 5.77. The maximum Gasteiger partial charge on any atom is 0.263 e. The monoisotopic (exact) mass is 348 g/mol. The molecule has 1 atom stereocenters. The van der Waals surface area contributed by atoms with Crippen molar-refractivity contribution in [3.05, 3.63) is 78.4 Å². The summed E-state index contributed by atoms with van der Waals surface area (Å²) in [5, 5.41) is 14.1. The molecule has 0 saturated heterocycles. The number of para-hydroxylation sites is 1. The third-order valence-electron chi connectivity index (χ3n) is 3.71. The number of rotatable bonds is 7. The van der Waals surface area contributed by atoms with E-state index in [1.165, 1.54) is 0 Å². The molecule has 0 spiro atoms. The van der Waals surface area contributed by atoms with Gasteiger partial charge < -0.3 is 15.4 Å². The van der Waals surface area contributed by atoms with Gasteiger partial charge in [0.05, 0.1) is 0 Å². The number of nitrogens with zero attached hydrogens (tertiary/aromatic N) is 2. The Hall–Kier alpha value is -3.41. The Labute approximate surface area is 152 Å². The lowest BCUT2D eigenvalue weighted by Crippen LogP contribution is -2.21. The fraction of sp³-hybridized carbons (Fsp3) is 0.150. The van der Waals surface area contributed by atoms with Gasteiger partial charge in [-0.15, -0.1) is 10.2 Å². The second-order valence-electron chi connectivity index (χ2n) is 5.73. The maximum absolute atomic E-state index is 11.9. The fourth-order valence-corrected chi connectivity index (χ4v) is 2.37. The second kappa shape index (κ2) is 8.62. The topological polar surface area (TPSA) is 76.1 Å². The smallest absolute Gasteiger partial charge is 0.263 e. The van der Waals surface area contributed by atoms with Crippen molar-refractivity contribution in [2.24, 2.45) is 0 Å². The highest BCUT2D eigenvalue weighted by atomic mass is 16.5. The number of nitrogens with one attached hydrogen (secondary N) is 2. The van der Waals surface area contributed by atoms with E-state index < -0.39 is 0 Å². The summed E-state index contributed by atoms with van der Waals surface area (Å²) in [6, 6.07) is 22.8. The molecule has 0 aliphatic rings. The molecule has 0 saturated carbocycles. The van der Waals surface area contributed by atoms with Crippen molar-refractivity contribution in [1.29, 1.82) is 0 Å². The van der Waals surface area contributed by atoms with Gasteiger partial charge in [0.15, 0.2) is 12.4 Å². The minimum Gasteiger partial charge on any atom is -0.484 e. The highest BCUT2D eigenvalue weighted by molar-refractivity contribution is 5.90. The first kappa shape index (κ1) is 17.4. The molecular weight excluding hydrogens is 328 g/mol. The average molecular weight is 348 g/mol. The van der Waals surface area contributed by atoms with Gasteiger partial charge in [0.1, 0.15) is 11.6 Å². The summed E-state index contributed by atoms with van der Waals surface area (Å²) in [6.07, 6.45) is 0. The van der Waals surface area contributed by atoms with E-state index in [9.17, 15) is 4.79 Å². The van der Waals surface area contributed by atoms with E-state index in [4.69, 9.17) is 4.74 Å². The Morgan fingerprint density at radius 1 is 0.923 bits per heavy atom. The van der Waals surface area contributed by atoms with Crippen LogP contribution in [0.15, 0.2) is 72.8 Å². The molecule has 0 bridgehead atoms. The summed E-state index contributed by atoms with van der Waals surface area (Å²) < 4.78 is 5.39. The number of anilines is 2. The Morgan fingerprint density at radius 2 is 1.54 bits per heavy atom. The molecule has 1 amide bonds. The van der Waals surface area contributed by atoms with Crippen molar-refractivity contribution < 1.29 is 9.53 Å². The van der Waals surface area contributed by atoms with Crippen LogP contribution in [0, 0.1) is 0 Å². The van der Waals surface area contributed by atoms with Crippen LogP contribution in [-0.4, -0.2) is 22.7 Å². The molecule has 1 heterocycles. The van der Waals surface area contributed by atoms with Crippen LogP contribution in [0.2, 0.25) is 0 Å². The number of benzene rings is 2. The summed E-state index contributed by atoms with van der Waals surface area (Å²) >= 11 is 0. The number of hydrogen-bond donors (Lipinski definition) is 2. The lowest BCUT2D eigenvalue weighted by Gasteiger charge is -2.14. The summed E-state index contributed by atoms with van der Waals surface area (Å²) in [5.41, 5.74) is 1.16. The number of carbonyl (C=O) groups is 1. The highest BCUT2D eigenvalue weighted by Gasteiger charge is 2.08. The number of ether oxygens (including phenoxy) is 1. The first-order valence-electron chi connectivity index (χ1n) is 8.33. The van der Waals surface area contributed by atoms with Gasteiger partial charge in [-0.1, -0.05) is 48.5 Å². The van der Waals surface area contributed by atoms with E-state index >= 15 is 0 Å². The molecule has 3 rings (SSSR count). The van der Waals surface area contributed by atoms with Gasteiger partial charge in [-0.05, 0) is 36.8 Å². The molecule has 3 aromatic rings. The fourth-order valence-electron chi connectivity index (χ4n) is 2.37. The lowest BCUT2D eigenvalue weighted by atomic mass is 10.1. The van der Waals surface area contributed by atoms with E-state index in [-0.39, 0.29) is 18.6 Å². The van der Waals surface area contributed by atoms with E-state index in [1.807, 2.05) is 55.5 Å². The van der Waals surface area contributed by atoms with Crippen molar-refractivity contribution in [3.63, 3.8) is 0 Å². The first-order chi connectivity index (χ1) is 12.7. The Balaban J connectivity index is 1.50. The predicted molar refractivity (Wildman–Crippen MR) is 101 cm³/mol. The summed E-state index contributed by atoms with van der Waals surface area (Å²) in [5.74, 6) is 1.37. The summed E-state index contributed by atoms with van der Waals surface area (Å²) in [4.78, 5) is 11.9. The van der Waals surface area contributed by atoms with Crippen molar-refractivity contribution in [2.75, 3.05) is 17.2 Å². The van der Waals surface area contributed by atoms with Crippen LogP contribution in [0.3, 0.4) is 0 Å². The van der Waals surface area contributed by atoms with Crippen LogP contribution >= 0.6 is 0 Å². The summed E-state index contributed by atoms with van der Waals surface area (Å²) in [6.45, 7) is 1.96. The van der Waals surface area contributed by atoms with Crippen LogP contribution < -0.4 is 15.4 Å². The van der Waals surface area contributed by atoms with Gasteiger partial charge in [0, 0.05) is 6.04 Å². The minimum atomic E-state index is -0.290. The molecule has 132 valence electrons. The molecule has 1 unspecified atom stereocenters. The van der Waals surface area contributed by atoms with Crippen LogP contribution in [0.4, 0.5) is 11.6 Å². The number of amides is 1. The standard InChI is InChI=1S/C20H20N4O2/c1-15(16-8-4-2-5-9-16)21-18-12-13-19(24-23-18)22-20(25)14-26-17-10-6-3-7-11-17/h2-13,15H,14H2,1H3,(H,21,23)(H,22,24,25). The molecule has 0 aliphatic heterocycles. The average Bonchev–Trinajstić information content (AvgIpc) is 2.69. The molecule has 6 nitrogen and oxygen atoms in total. The number of carbonyl (C=O) groups excluding carboxylic acids is 1. The van der Waals surface area contributed by atoms with E-state index in [0.29, 0.717) is 17.4 Å². The Morgan fingerprint density at radius 3 is 2.19 bits per heavy atom. The van der Waals surface area contributed by atoms with Gasteiger partial charge in [0.2, 0.25) is 0 Å². The Bertz CT molecular complexity index is 823. The second-order valence-corrected chi connectivity index (χ2v) is 5.73. The number of aromatic nitrogens is 2. The molecule has 1 aromatic heterocycles. The predicted octanol–water partition coefficient (Wildman–Crippen LogP) is 3.67. The molecule has 2 N–H and O–H groups in total. The zero-order chi connectivity index (χ0) is 18.2. The third-order valence-corrected chi connectivity index (χ3v) is 3.71. The maximum atomic E-state index is 11.9. The lowest BCUT2D eigenvalue weighted by molar-refractivity contribution is -0.118. The van der Waals surface area contributed by atoms with Crippen LogP contribution in [0.5, 0.6) is 5.75 Å². The van der Waals surface area contributed by atoms with E-state index in [0.717, 1.165) is 5.56 Å². The molecule has 26 heavy (non-hydrogen) atoms. The van der Waals surface area contributed by atoms with Crippen LogP contribution in [0.1, 0.15) is 18.5 Å². The van der Waals surface area contributed by atoms with Crippen LogP contribution in [-0.2, 0) is 4.79 Å². The van der Waals surface area contributed by atoms with Gasteiger partial charge in [0.25, 0.3) is 5.91 Å². The van der Waals surface area contributed by atoms with Gasteiger partial charge in [-0.2, -0.15) is 0 Å². The highest BCUT2D eigenvalue weighted by Crippen LogP contribution is 2.17. The third kappa shape index (κ3) is 5.04. The van der Waals surface area contributed by atoms with E-state index in [1.54, 1.807) is 24.3 Å². The molecule has 0 aliphatic carbocycles. The van der Waals surface area contributed by atoms with Crippen molar-refractivity contribution >= 4 is 17.5 Å². The van der Waals surface area contributed by atoms with Crippen molar-refractivity contribution in [1.82, 2.24) is 10.2 Å². The quantitative estimate of drug-likeness (QED) is 0.681. The van der Waals surface area contributed by atoms with Gasteiger partial charge >= 0.3 is 0 Å². The van der Waals surface area contributed by atoms with Gasteiger partial charge in [-0.25, -0.2) is 0 Å². The SMILES string of the molecule is CC(Nc1ccc(NC(=O)COc2ccccc2)nn1)c1ccccc1. The van der Waals surface area contributed by atoms with Crippen LogP contribution in [0.25, 0.3) is 0 Å². The van der Waals surface area contributed by atoms with E-state index in [2.05, 4.69) is 20.8 Å². The van der Waals surface area contributed by atoms with Crippen molar-refractivity contribution in [2.45, 2.75) is 13.0 Å². The largest absolute Gasteiger partial charge is 0.484 e. The number of hydrogen-bond acceptors (Lipinski definition) is 5. The minimum absolute atomic E-state index is 0.0866. The molecule has 2 aromatic carbocycles. The molecule has 0 radical (unpaired) electrons. The van der Waals surface area contributed by atoms with Crippen molar-refractivity contribution in [3.8, 4) is 5.75 Å². The molecule has 6 heteroatoms. The zero-order valence-corrected chi connectivity index (χ0v) is 14.4. The molecule has 0 fully saturated rings. The normalized spacial score (nSPS) is 11.4. The van der Waals surface area contributed by atoms with Gasteiger partial charge in [-0.3, -0.25) is 4.79 Å². The summed E-state index contributed by atoms with van der Waals surface area (Å²) in [7, 11) is 0. The first-order valence-corrected chi connectivity index (χ1v) is 8.33. The zero-order valence-electron chi connectivity index (χ0n) is 14.4.